The highest BCUT2D eigenvalue weighted by molar-refractivity contribution is 6.00. The van der Waals surface area contributed by atoms with Crippen molar-refractivity contribution in [2.45, 2.75) is 6.92 Å². The molecule has 0 spiro atoms. The molecule has 0 radical (unpaired) electrons. The third kappa shape index (κ3) is 3.15. The first-order valence-electron chi connectivity index (χ1n) is 7.76. The highest BCUT2D eigenvalue weighted by atomic mass is 19.1. The number of rotatable bonds is 4. The quantitative estimate of drug-likeness (QED) is 0.801. The molecule has 0 N–H and O–H groups in total. The lowest BCUT2D eigenvalue weighted by Crippen LogP contribution is -2.47. The predicted octanol–water partition coefficient (Wildman–Crippen LogP) is 2.15. The maximum absolute atomic E-state index is 14.0. The van der Waals surface area contributed by atoms with Gasteiger partial charge in [0.25, 0.3) is 0 Å². The van der Waals surface area contributed by atoms with Crippen LogP contribution in [-0.4, -0.2) is 49.0 Å². The van der Waals surface area contributed by atoms with Crippen LogP contribution < -0.4 is 14.5 Å². The van der Waals surface area contributed by atoms with Crippen LogP contribution in [0.1, 0.15) is 17.3 Å². The number of nitrogens with zero attached hydrogens (tertiary/aromatic N) is 4. The van der Waals surface area contributed by atoms with Gasteiger partial charge < -0.3 is 14.5 Å². The van der Waals surface area contributed by atoms with Crippen LogP contribution in [-0.2, 0) is 0 Å². The summed E-state index contributed by atoms with van der Waals surface area (Å²) in [4.78, 5) is 24.5. The highest BCUT2D eigenvalue weighted by Crippen LogP contribution is 2.25. The number of halogens is 1. The Hall–Kier alpha value is -2.70. The topological polar surface area (TPSA) is 58.6 Å². The van der Waals surface area contributed by atoms with Crippen LogP contribution in [0.3, 0.4) is 0 Å². The van der Waals surface area contributed by atoms with Gasteiger partial charge >= 0.3 is 0 Å². The summed E-state index contributed by atoms with van der Waals surface area (Å²) in [6.07, 6.45) is 1.66. The number of hydrogen-bond donors (Lipinski definition) is 0. The SMILES string of the molecule is COc1ccnc(N2CCN(c3cccc(F)c3C(C)=O)CC2)n1. The van der Waals surface area contributed by atoms with E-state index in [1.165, 1.54) is 13.0 Å². The molecule has 1 aliphatic rings. The molecule has 24 heavy (non-hydrogen) atoms. The van der Waals surface area contributed by atoms with E-state index < -0.39 is 5.82 Å². The van der Waals surface area contributed by atoms with E-state index in [2.05, 4.69) is 9.97 Å². The molecular formula is C17H19FN4O2. The van der Waals surface area contributed by atoms with Crippen molar-refractivity contribution in [3.8, 4) is 5.88 Å². The number of hydrogen-bond acceptors (Lipinski definition) is 6. The summed E-state index contributed by atoms with van der Waals surface area (Å²) in [6, 6.07) is 6.44. The predicted molar refractivity (Wildman–Crippen MR) is 89.4 cm³/mol. The molecule has 0 unspecified atom stereocenters. The van der Waals surface area contributed by atoms with Gasteiger partial charge in [-0.2, -0.15) is 4.98 Å². The summed E-state index contributed by atoms with van der Waals surface area (Å²) in [6.45, 7) is 4.07. The summed E-state index contributed by atoms with van der Waals surface area (Å²) >= 11 is 0. The standard InChI is InChI=1S/C17H19FN4O2/c1-12(23)16-13(18)4-3-5-14(16)21-8-10-22(11-9-21)17-19-7-6-15(20-17)24-2/h3-7H,8-11H2,1-2H3. The minimum atomic E-state index is -0.474. The Bertz CT molecular complexity index is 745. The largest absolute Gasteiger partial charge is 0.481 e. The van der Waals surface area contributed by atoms with Crippen LogP contribution in [0.25, 0.3) is 0 Å². The van der Waals surface area contributed by atoms with Gasteiger partial charge in [-0.15, -0.1) is 0 Å². The highest BCUT2D eigenvalue weighted by Gasteiger charge is 2.23. The molecule has 0 atom stereocenters. The van der Waals surface area contributed by atoms with Gasteiger partial charge in [0.15, 0.2) is 5.78 Å². The Morgan fingerprint density at radius 3 is 2.54 bits per heavy atom. The molecule has 0 aliphatic carbocycles. The molecule has 0 amide bonds. The number of Topliss-reactive ketones (excluding diaryl/α,β-unsaturated/α-hetero) is 1. The Kier molecular flexibility index (Phi) is 4.59. The molecule has 1 aromatic carbocycles. The third-order valence-electron chi connectivity index (χ3n) is 4.07. The van der Waals surface area contributed by atoms with Crippen LogP contribution in [0.15, 0.2) is 30.5 Å². The van der Waals surface area contributed by atoms with Crippen LogP contribution in [0.4, 0.5) is 16.0 Å². The number of anilines is 2. The van der Waals surface area contributed by atoms with Gasteiger partial charge in [-0.1, -0.05) is 6.07 Å². The molecule has 2 heterocycles. The normalized spacial score (nSPS) is 14.6. The summed E-state index contributed by atoms with van der Waals surface area (Å²) in [5.41, 5.74) is 0.803. The van der Waals surface area contributed by atoms with E-state index in [1.54, 1.807) is 31.5 Å². The van der Waals surface area contributed by atoms with E-state index in [0.29, 0.717) is 43.7 Å². The van der Waals surface area contributed by atoms with Crippen molar-refractivity contribution >= 4 is 17.4 Å². The average Bonchev–Trinajstić information content (AvgIpc) is 2.61. The number of carbonyl (C=O) groups is 1. The molecule has 6 nitrogen and oxygen atoms in total. The fourth-order valence-electron chi connectivity index (χ4n) is 2.87. The van der Waals surface area contributed by atoms with E-state index in [9.17, 15) is 9.18 Å². The van der Waals surface area contributed by atoms with Crippen LogP contribution in [0, 0.1) is 5.82 Å². The second kappa shape index (κ2) is 6.82. The van der Waals surface area contributed by atoms with Crippen LogP contribution in [0.2, 0.25) is 0 Å². The second-order valence-corrected chi connectivity index (χ2v) is 5.56. The molecule has 2 aromatic rings. The molecule has 0 saturated carbocycles. The first-order chi connectivity index (χ1) is 11.6. The van der Waals surface area contributed by atoms with Crippen LogP contribution in [0.5, 0.6) is 5.88 Å². The molecule has 3 rings (SSSR count). The van der Waals surface area contributed by atoms with Crippen molar-refractivity contribution in [2.24, 2.45) is 0 Å². The molecular weight excluding hydrogens is 311 g/mol. The van der Waals surface area contributed by atoms with Gasteiger partial charge in [0, 0.05) is 38.4 Å². The summed E-state index contributed by atoms with van der Waals surface area (Å²) in [7, 11) is 1.57. The van der Waals surface area contributed by atoms with E-state index in [4.69, 9.17) is 4.74 Å². The van der Waals surface area contributed by atoms with Gasteiger partial charge in [-0.05, 0) is 19.1 Å². The van der Waals surface area contributed by atoms with Crippen molar-refractivity contribution in [1.29, 1.82) is 0 Å². The number of methoxy groups -OCH3 is 1. The molecule has 1 saturated heterocycles. The second-order valence-electron chi connectivity index (χ2n) is 5.56. The number of carbonyl (C=O) groups excluding carboxylic acids is 1. The van der Waals surface area contributed by atoms with E-state index in [1.807, 2.05) is 9.80 Å². The average molecular weight is 330 g/mol. The monoisotopic (exact) mass is 330 g/mol. The molecule has 1 aromatic heterocycles. The van der Waals surface area contributed by atoms with Gasteiger partial charge in [0.05, 0.1) is 18.4 Å². The van der Waals surface area contributed by atoms with Gasteiger partial charge in [0.2, 0.25) is 11.8 Å². The Balaban J connectivity index is 1.76. The lowest BCUT2D eigenvalue weighted by Gasteiger charge is -2.36. The van der Waals surface area contributed by atoms with Gasteiger partial charge in [-0.3, -0.25) is 4.79 Å². The van der Waals surface area contributed by atoms with Crippen molar-refractivity contribution in [1.82, 2.24) is 9.97 Å². The van der Waals surface area contributed by atoms with E-state index in [-0.39, 0.29) is 11.3 Å². The Morgan fingerprint density at radius 1 is 1.17 bits per heavy atom. The maximum Gasteiger partial charge on any atom is 0.228 e. The molecule has 0 bridgehead atoms. The third-order valence-corrected chi connectivity index (χ3v) is 4.07. The van der Waals surface area contributed by atoms with Crippen molar-refractivity contribution < 1.29 is 13.9 Å². The summed E-state index contributed by atoms with van der Waals surface area (Å²) in [5.74, 6) is 0.395. The maximum atomic E-state index is 14.0. The van der Waals surface area contributed by atoms with E-state index in [0.717, 1.165) is 0 Å². The molecule has 126 valence electrons. The zero-order valence-corrected chi connectivity index (χ0v) is 13.7. The first kappa shape index (κ1) is 16.2. The van der Waals surface area contributed by atoms with Gasteiger partial charge in [-0.25, -0.2) is 9.37 Å². The lowest BCUT2D eigenvalue weighted by molar-refractivity contribution is 0.101. The van der Waals surface area contributed by atoms with E-state index >= 15 is 0 Å². The zero-order chi connectivity index (χ0) is 17.1. The number of piperazine rings is 1. The number of ketones is 1. The zero-order valence-electron chi connectivity index (χ0n) is 13.7. The van der Waals surface area contributed by atoms with Crippen LogP contribution >= 0.6 is 0 Å². The first-order valence-corrected chi connectivity index (χ1v) is 7.76. The fraction of sp³-hybridized carbons (Fsp3) is 0.353. The Labute approximate surface area is 139 Å². The number of ether oxygens (including phenoxy) is 1. The van der Waals surface area contributed by atoms with Crippen molar-refractivity contribution in [2.75, 3.05) is 43.1 Å². The minimum absolute atomic E-state index is 0.156. The minimum Gasteiger partial charge on any atom is -0.481 e. The number of benzene rings is 1. The molecule has 7 heteroatoms. The van der Waals surface area contributed by atoms with Gasteiger partial charge in [0.1, 0.15) is 5.82 Å². The number of aromatic nitrogens is 2. The smallest absolute Gasteiger partial charge is 0.228 e. The summed E-state index contributed by atoms with van der Waals surface area (Å²) < 4.78 is 19.1. The molecule has 1 aliphatic heterocycles. The fourth-order valence-corrected chi connectivity index (χ4v) is 2.87. The lowest BCUT2D eigenvalue weighted by atomic mass is 10.1. The van der Waals surface area contributed by atoms with Crippen molar-refractivity contribution in [3.05, 3.63) is 41.8 Å². The Morgan fingerprint density at radius 2 is 1.88 bits per heavy atom. The van der Waals surface area contributed by atoms with Crippen molar-refractivity contribution in [3.63, 3.8) is 0 Å². The molecule has 1 fully saturated rings. The summed E-state index contributed by atoms with van der Waals surface area (Å²) in [5, 5.41) is 0.